The molecule has 1 rings (SSSR count). The van der Waals surface area contributed by atoms with E-state index >= 15 is 0 Å². The Morgan fingerprint density at radius 3 is 2.20 bits per heavy atom. The van der Waals surface area contributed by atoms with Crippen LogP contribution >= 0.6 is 0 Å². The Morgan fingerprint density at radius 2 is 1.80 bits per heavy atom. The van der Waals surface area contributed by atoms with Crippen molar-refractivity contribution in [3.63, 3.8) is 0 Å². The molecule has 0 saturated carbocycles. The van der Waals surface area contributed by atoms with Crippen LogP contribution in [0.4, 0.5) is 5.69 Å². The van der Waals surface area contributed by atoms with Gasteiger partial charge in [-0.2, -0.15) is 0 Å². The molecule has 0 bridgehead atoms. The van der Waals surface area contributed by atoms with Crippen LogP contribution in [0.3, 0.4) is 0 Å². The summed E-state index contributed by atoms with van der Waals surface area (Å²) in [7, 11) is 0. The summed E-state index contributed by atoms with van der Waals surface area (Å²) < 4.78 is 5.62. The van der Waals surface area contributed by atoms with Crippen molar-refractivity contribution in [3.8, 4) is 5.75 Å². The van der Waals surface area contributed by atoms with Crippen LogP contribution in [-0.2, 0) is 0 Å². The molecule has 4 heteroatoms. The molecule has 0 radical (unpaired) electrons. The molecule has 82 valence electrons. The van der Waals surface area contributed by atoms with E-state index in [2.05, 4.69) is 13.8 Å². The third-order valence-electron chi connectivity index (χ3n) is 2.26. The number of benzene rings is 1. The molecule has 1 aromatic rings. The lowest BCUT2D eigenvalue weighted by molar-refractivity contribution is -0.384. The zero-order valence-electron chi connectivity index (χ0n) is 8.97. The Kier molecular flexibility index (Phi) is 4.09. The molecule has 0 aliphatic carbocycles. The normalized spacial score (nSPS) is 10.3. The quantitative estimate of drug-likeness (QED) is 0.552. The van der Waals surface area contributed by atoms with Crippen molar-refractivity contribution < 1.29 is 9.66 Å². The number of nitro benzene ring substituents is 1. The fourth-order valence-electron chi connectivity index (χ4n) is 1.29. The lowest BCUT2D eigenvalue weighted by atomic mass is 10.2. The molecule has 0 atom stereocenters. The van der Waals surface area contributed by atoms with Crippen LogP contribution in [0.25, 0.3) is 0 Å². The third kappa shape index (κ3) is 3.23. The summed E-state index contributed by atoms with van der Waals surface area (Å²) in [5.41, 5.74) is 0.0897. The first-order valence-electron chi connectivity index (χ1n) is 5.08. The molecule has 0 aliphatic heterocycles. The summed E-state index contributed by atoms with van der Waals surface area (Å²) >= 11 is 0. The number of nitro groups is 1. The number of hydrogen-bond donors (Lipinski definition) is 0. The van der Waals surface area contributed by atoms with Gasteiger partial charge in [0.1, 0.15) is 5.75 Å². The van der Waals surface area contributed by atoms with Gasteiger partial charge in [-0.25, -0.2) is 0 Å². The van der Waals surface area contributed by atoms with Gasteiger partial charge in [0.25, 0.3) is 5.69 Å². The van der Waals surface area contributed by atoms with Crippen molar-refractivity contribution in [2.24, 2.45) is 0 Å². The number of rotatable bonds is 5. The predicted octanol–water partition coefficient (Wildman–Crippen LogP) is 3.16. The highest BCUT2D eigenvalue weighted by Crippen LogP contribution is 2.19. The molecule has 0 fully saturated rings. The average Bonchev–Trinajstić information content (AvgIpc) is 2.26. The molecular weight excluding hydrogens is 194 g/mol. The third-order valence-corrected chi connectivity index (χ3v) is 2.26. The number of hydrogen-bond acceptors (Lipinski definition) is 3. The monoisotopic (exact) mass is 209 g/mol. The molecule has 0 N–H and O–H groups in total. The van der Waals surface area contributed by atoms with Gasteiger partial charge in [-0.05, 0) is 25.0 Å². The zero-order chi connectivity index (χ0) is 11.3. The minimum Gasteiger partial charge on any atom is -0.490 e. The lowest BCUT2D eigenvalue weighted by Crippen LogP contribution is -2.13. The topological polar surface area (TPSA) is 52.4 Å². The molecule has 0 spiro atoms. The molecule has 0 saturated heterocycles. The van der Waals surface area contributed by atoms with Crippen molar-refractivity contribution in [1.82, 2.24) is 0 Å². The van der Waals surface area contributed by atoms with E-state index in [1.165, 1.54) is 12.1 Å². The molecule has 0 heterocycles. The SMILES string of the molecule is CCC(CC)Oc1ccc([N+](=O)[O-])cc1. The minimum atomic E-state index is -0.416. The minimum absolute atomic E-state index is 0.0897. The van der Waals surface area contributed by atoms with Crippen molar-refractivity contribution in [1.29, 1.82) is 0 Å². The summed E-state index contributed by atoms with van der Waals surface area (Å²) in [6.07, 6.45) is 2.06. The van der Waals surface area contributed by atoms with Gasteiger partial charge in [0, 0.05) is 12.1 Å². The summed E-state index contributed by atoms with van der Waals surface area (Å²) in [4.78, 5) is 10.00. The summed E-state index contributed by atoms with van der Waals surface area (Å²) in [6.45, 7) is 4.11. The van der Waals surface area contributed by atoms with Crippen LogP contribution in [-0.4, -0.2) is 11.0 Å². The maximum Gasteiger partial charge on any atom is 0.269 e. The van der Waals surface area contributed by atoms with E-state index < -0.39 is 4.92 Å². The van der Waals surface area contributed by atoms with Crippen LogP contribution in [0.2, 0.25) is 0 Å². The predicted molar refractivity (Wildman–Crippen MR) is 58.1 cm³/mol. The largest absolute Gasteiger partial charge is 0.490 e. The molecule has 0 amide bonds. The maximum atomic E-state index is 10.4. The van der Waals surface area contributed by atoms with Crippen LogP contribution in [0, 0.1) is 10.1 Å². The van der Waals surface area contributed by atoms with E-state index in [4.69, 9.17) is 4.74 Å². The molecule has 0 unspecified atom stereocenters. The Labute approximate surface area is 89.0 Å². The first-order chi connectivity index (χ1) is 7.17. The van der Waals surface area contributed by atoms with Gasteiger partial charge in [-0.3, -0.25) is 10.1 Å². The van der Waals surface area contributed by atoms with E-state index in [0.29, 0.717) is 5.75 Å². The zero-order valence-corrected chi connectivity index (χ0v) is 8.97. The van der Waals surface area contributed by atoms with Crippen LogP contribution < -0.4 is 4.74 Å². The van der Waals surface area contributed by atoms with Gasteiger partial charge in [-0.15, -0.1) is 0 Å². The first kappa shape index (κ1) is 11.5. The lowest BCUT2D eigenvalue weighted by Gasteiger charge is -2.15. The van der Waals surface area contributed by atoms with E-state index in [-0.39, 0.29) is 11.8 Å². The van der Waals surface area contributed by atoms with E-state index in [0.717, 1.165) is 12.8 Å². The van der Waals surface area contributed by atoms with Gasteiger partial charge in [0.2, 0.25) is 0 Å². The molecule has 0 aliphatic rings. The fraction of sp³-hybridized carbons (Fsp3) is 0.455. The number of non-ortho nitro benzene ring substituents is 1. The van der Waals surface area contributed by atoms with Gasteiger partial charge in [0.15, 0.2) is 0 Å². The van der Waals surface area contributed by atoms with Crippen molar-refractivity contribution in [2.75, 3.05) is 0 Å². The van der Waals surface area contributed by atoms with Gasteiger partial charge < -0.3 is 4.74 Å². The summed E-state index contributed by atoms with van der Waals surface area (Å²) in [5, 5.41) is 10.4. The fourth-order valence-corrected chi connectivity index (χ4v) is 1.29. The smallest absolute Gasteiger partial charge is 0.269 e. The maximum absolute atomic E-state index is 10.4. The van der Waals surface area contributed by atoms with Crippen LogP contribution in [0.5, 0.6) is 5.75 Å². The molecule has 15 heavy (non-hydrogen) atoms. The van der Waals surface area contributed by atoms with Gasteiger partial charge in [-0.1, -0.05) is 13.8 Å². The Morgan fingerprint density at radius 1 is 1.27 bits per heavy atom. The van der Waals surface area contributed by atoms with Gasteiger partial charge in [0.05, 0.1) is 11.0 Å². The highest BCUT2D eigenvalue weighted by Gasteiger charge is 2.07. The highest BCUT2D eigenvalue weighted by molar-refractivity contribution is 5.36. The van der Waals surface area contributed by atoms with E-state index in [1.807, 2.05) is 0 Å². The molecule has 1 aromatic carbocycles. The summed E-state index contributed by atoms with van der Waals surface area (Å²) in [6, 6.07) is 6.18. The van der Waals surface area contributed by atoms with Crippen LogP contribution in [0.1, 0.15) is 26.7 Å². The molecular formula is C11H15NO3. The van der Waals surface area contributed by atoms with Gasteiger partial charge >= 0.3 is 0 Å². The number of nitrogens with zero attached hydrogens (tertiary/aromatic N) is 1. The first-order valence-corrected chi connectivity index (χ1v) is 5.08. The van der Waals surface area contributed by atoms with Crippen molar-refractivity contribution >= 4 is 5.69 Å². The molecule has 4 nitrogen and oxygen atoms in total. The second kappa shape index (κ2) is 5.34. The Balaban J connectivity index is 2.67. The highest BCUT2D eigenvalue weighted by atomic mass is 16.6. The van der Waals surface area contributed by atoms with Crippen LogP contribution in [0.15, 0.2) is 24.3 Å². The Hall–Kier alpha value is -1.58. The number of ether oxygens (including phenoxy) is 1. The second-order valence-corrected chi connectivity index (χ2v) is 3.31. The summed E-state index contributed by atoms with van der Waals surface area (Å²) in [5.74, 6) is 0.689. The van der Waals surface area contributed by atoms with E-state index in [1.54, 1.807) is 12.1 Å². The Bertz CT molecular complexity index is 317. The van der Waals surface area contributed by atoms with E-state index in [9.17, 15) is 10.1 Å². The van der Waals surface area contributed by atoms with Crippen molar-refractivity contribution in [2.45, 2.75) is 32.8 Å². The molecule has 0 aromatic heterocycles. The average molecular weight is 209 g/mol. The second-order valence-electron chi connectivity index (χ2n) is 3.31. The standard InChI is InChI=1S/C11H15NO3/c1-3-10(4-2)15-11-7-5-9(6-8-11)12(13)14/h5-8,10H,3-4H2,1-2H3. The van der Waals surface area contributed by atoms with Crippen molar-refractivity contribution in [3.05, 3.63) is 34.4 Å².